The maximum atomic E-state index is 3.87. The van der Waals surface area contributed by atoms with Crippen LogP contribution in [-0.4, -0.2) is 0 Å². The zero-order chi connectivity index (χ0) is 14.9. The van der Waals surface area contributed by atoms with Gasteiger partial charge >= 0.3 is 0 Å². The molecule has 1 unspecified atom stereocenters. The Morgan fingerprint density at radius 2 is 1.24 bits per heavy atom. The summed E-state index contributed by atoms with van der Waals surface area (Å²) in [7, 11) is 0. The van der Waals surface area contributed by atoms with Crippen LogP contribution in [0.15, 0.2) is 12.2 Å². The first kappa shape index (κ1) is 25.6. The van der Waals surface area contributed by atoms with Crippen LogP contribution in [0, 0.1) is 11.8 Å². The highest BCUT2D eigenvalue weighted by Crippen LogP contribution is 2.12. The van der Waals surface area contributed by atoms with E-state index in [1.165, 1.54) is 24.8 Å². The summed E-state index contributed by atoms with van der Waals surface area (Å²) >= 11 is 0. The van der Waals surface area contributed by atoms with Crippen molar-refractivity contribution < 1.29 is 0 Å². The Morgan fingerprint density at radius 1 is 0.941 bits per heavy atom. The molecule has 0 radical (unpaired) electrons. The first-order valence-corrected chi connectivity index (χ1v) is 7.60. The zero-order valence-corrected chi connectivity index (χ0v) is 14.5. The molecule has 0 aliphatic heterocycles. The first-order valence-electron chi connectivity index (χ1n) is 7.60. The Kier molecular flexibility index (Phi) is 37.3. The molecule has 0 bridgehead atoms. The van der Waals surface area contributed by atoms with E-state index in [1.54, 1.807) is 0 Å². The molecule has 0 saturated heterocycles. The van der Waals surface area contributed by atoms with Crippen LogP contribution in [0.25, 0.3) is 0 Å². The molecule has 0 heterocycles. The summed E-state index contributed by atoms with van der Waals surface area (Å²) in [5, 5.41) is 0. The fraction of sp³-hybridized carbons (Fsp3) is 0.882. The molecular formula is C17H40. The molecule has 0 aliphatic carbocycles. The number of allylic oxidation sites excluding steroid dienone is 1. The lowest BCUT2D eigenvalue weighted by Gasteiger charge is -2.06. The van der Waals surface area contributed by atoms with Gasteiger partial charge in [0, 0.05) is 0 Å². The van der Waals surface area contributed by atoms with Crippen molar-refractivity contribution in [3.8, 4) is 0 Å². The Bertz CT molecular complexity index is 111. The molecule has 108 valence electrons. The van der Waals surface area contributed by atoms with Gasteiger partial charge in [-0.2, -0.15) is 0 Å². The second-order valence-electron chi connectivity index (χ2n) is 4.34. The van der Waals surface area contributed by atoms with Gasteiger partial charge in [0.1, 0.15) is 0 Å². The maximum absolute atomic E-state index is 3.87. The molecule has 0 aromatic heterocycles. The lowest BCUT2D eigenvalue weighted by atomic mass is 10.00. The summed E-state index contributed by atoms with van der Waals surface area (Å²) < 4.78 is 0. The Hall–Kier alpha value is -0.260. The third kappa shape index (κ3) is 38.9. The highest BCUT2D eigenvalue weighted by Gasteiger charge is 1.97. The third-order valence-electron chi connectivity index (χ3n) is 2.38. The largest absolute Gasteiger partial charge is 0.0999 e. The van der Waals surface area contributed by atoms with Crippen molar-refractivity contribution in [2.24, 2.45) is 11.8 Å². The second-order valence-corrected chi connectivity index (χ2v) is 4.34. The van der Waals surface area contributed by atoms with Gasteiger partial charge in [-0.15, -0.1) is 0 Å². The van der Waals surface area contributed by atoms with Crippen molar-refractivity contribution in [2.45, 2.75) is 88.5 Å². The normalized spacial score (nSPS) is 9.82. The van der Waals surface area contributed by atoms with E-state index in [-0.39, 0.29) is 0 Å². The predicted molar refractivity (Wildman–Crippen MR) is 86.7 cm³/mol. The molecule has 0 aromatic carbocycles. The summed E-state index contributed by atoms with van der Waals surface area (Å²) in [6, 6.07) is 0. The zero-order valence-electron chi connectivity index (χ0n) is 14.5. The molecule has 0 amide bonds. The molecule has 0 nitrogen and oxygen atoms in total. The topological polar surface area (TPSA) is 0 Å². The van der Waals surface area contributed by atoms with Crippen molar-refractivity contribution in [2.75, 3.05) is 0 Å². The van der Waals surface area contributed by atoms with Gasteiger partial charge in [0.05, 0.1) is 0 Å². The van der Waals surface area contributed by atoms with Crippen LogP contribution in [0.1, 0.15) is 88.5 Å². The molecule has 0 heteroatoms. The molecule has 0 N–H and O–H groups in total. The minimum absolute atomic E-state index is 0.722. The average Bonchev–Trinajstić information content (AvgIpc) is 2.35. The van der Waals surface area contributed by atoms with Crippen molar-refractivity contribution >= 4 is 0 Å². The minimum Gasteiger partial charge on any atom is -0.0999 e. The van der Waals surface area contributed by atoms with Crippen LogP contribution < -0.4 is 0 Å². The highest BCUT2D eigenvalue weighted by atomic mass is 14.0. The lowest BCUT2D eigenvalue weighted by Crippen LogP contribution is -1.92. The molecule has 0 saturated carbocycles. The predicted octanol–water partition coefficient (Wildman–Crippen LogP) is 7.10. The summed E-state index contributed by atoms with van der Waals surface area (Å²) in [4.78, 5) is 0. The van der Waals surface area contributed by atoms with E-state index in [2.05, 4.69) is 48.1 Å². The van der Waals surface area contributed by atoms with E-state index < -0.39 is 0 Å². The molecule has 1 atom stereocenters. The van der Waals surface area contributed by atoms with Crippen LogP contribution in [0.5, 0.6) is 0 Å². The molecule has 0 fully saturated rings. The number of rotatable bonds is 4. The number of hydrogen-bond donors (Lipinski definition) is 0. The van der Waals surface area contributed by atoms with E-state index in [0.29, 0.717) is 0 Å². The highest BCUT2D eigenvalue weighted by molar-refractivity contribution is 4.93. The van der Waals surface area contributed by atoms with Crippen molar-refractivity contribution in [1.82, 2.24) is 0 Å². The fourth-order valence-corrected chi connectivity index (χ4v) is 0.679. The lowest BCUT2D eigenvalue weighted by molar-refractivity contribution is 0.603. The van der Waals surface area contributed by atoms with Gasteiger partial charge in [-0.1, -0.05) is 87.3 Å². The van der Waals surface area contributed by atoms with Gasteiger partial charge in [-0.05, 0) is 25.2 Å². The van der Waals surface area contributed by atoms with Crippen molar-refractivity contribution in [3.63, 3.8) is 0 Å². The molecule has 0 aliphatic rings. The van der Waals surface area contributed by atoms with Gasteiger partial charge in [-0.3, -0.25) is 0 Å². The summed E-state index contributed by atoms with van der Waals surface area (Å²) in [5.41, 5.74) is 1.31. The molecule has 0 aromatic rings. The van der Waals surface area contributed by atoms with E-state index in [9.17, 15) is 0 Å². The SMILES string of the molecule is C=C(C)C(C)CCC.CC.CC.CCC(C)C. The van der Waals surface area contributed by atoms with Crippen LogP contribution in [0.3, 0.4) is 0 Å². The summed E-state index contributed by atoms with van der Waals surface area (Å²) in [5.74, 6) is 1.61. The maximum Gasteiger partial charge on any atom is -0.0237 e. The summed E-state index contributed by atoms with van der Waals surface area (Å²) in [6.07, 6.45) is 3.86. The smallest absolute Gasteiger partial charge is 0.0237 e. The molecular weight excluding hydrogens is 204 g/mol. The van der Waals surface area contributed by atoms with Crippen LogP contribution in [-0.2, 0) is 0 Å². The van der Waals surface area contributed by atoms with E-state index in [0.717, 1.165) is 11.8 Å². The monoisotopic (exact) mass is 244 g/mol. The van der Waals surface area contributed by atoms with E-state index in [1.807, 2.05) is 27.7 Å². The minimum atomic E-state index is 0.722. The van der Waals surface area contributed by atoms with Crippen LogP contribution >= 0.6 is 0 Å². The van der Waals surface area contributed by atoms with Crippen molar-refractivity contribution in [1.29, 1.82) is 0 Å². The van der Waals surface area contributed by atoms with E-state index in [4.69, 9.17) is 0 Å². The molecule has 0 rings (SSSR count). The van der Waals surface area contributed by atoms with Gasteiger partial charge in [-0.25, -0.2) is 0 Å². The van der Waals surface area contributed by atoms with E-state index >= 15 is 0 Å². The summed E-state index contributed by atoms with van der Waals surface area (Å²) in [6.45, 7) is 25.1. The average molecular weight is 245 g/mol. The fourth-order valence-electron chi connectivity index (χ4n) is 0.679. The molecule has 17 heavy (non-hydrogen) atoms. The van der Waals surface area contributed by atoms with Gasteiger partial charge in [0.15, 0.2) is 0 Å². The first-order chi connectivity index (χ1) is 7.95. The van der Waals surface area contributed by atoms with Crippen LogP contribution in [0.2, 0.25) is 0 Å². The van der Waals surface area contributed by atoms with Crippen molar-refractivity contribution in [3.05, 3.63) is 12.2 Å². The standard InChI is InChI=1S/C8H16.C5H12.2C2H6/c1-5-6-8(4)7(2)3;1-4-5(2)3;2*1-2/h8H,2,5-6H2,1,3-4H3;5H,4H2,1-3H3;2*1-2H3. The second kappa shape index (κ2) is 24.8. The quantitative estimate of drug-likeness (QED) is 0.462. The Labute approximate surface area is 113 Å². The van der Waals surface area contributed by atoms with Gasteiger partial charge in [0.25, 0.3) is 0 Å². The molecule has 0 spiro atoms. The third-order valence-corrected chi connectivity index (χ3v) is 2.38. The van der Waals surface area contributed by atoms with Gasteiger partial charge in [0.2, 0.25) is 0 Å². The Balaban J connectivity index is -0.0000000809. The van der Waals surface area contributed by atoms with Gasteiger partial charge < -0.3 is 0 Å². The Morgan fingerprint density at radius 3 is 1.29 bits per heavy atom. The van der Waals surface area contributed by atoms with Crippen LogP contribution in [0.4, 0.5) is 0 Å². The number of hydrogen-bond acceptors (Lipinski definition) is 0.